The molecule has 3 rings (SSSR count). The number of halogens is 1. The second-order valence-corrected chi connectivity index (χ2v) is 5.76. The largest absolute Gasteiger partial charge is 0.489 e. The molecule has 0 spiro atoms. The van der Waals surface area contributed by atoms with Crippen molar-refractivity contribution < 1.29 is 14.6 Å². The predicted octanol–water partition coefficient (Wildman–Crippen LogP) is 1.27. The lowest BCUT2D eigenvalue weighted by atomic mass is 10.2. The lowest BCUT2D eigenvalue weighted by Gasteiger charge is -2.35. The lowest BCUT2D eigenvalue weighted by molar-refractivity contribution is -0.0361. The summed E-state index contributed by atoms with van der Waals surface area (Å²) in [5.41, 5.74) is 0. The monoisotopic (exact) mass is 338 g/mol. The van der Waals surface area contributed by atoms with Gasteiger partial charge in [0.15, 0.2) is 0 Å². The highest BCUT2D eigenvalue weighted by Crippen LogP contribution is 2.24. The standard InChI is InChI=1S/C15H19ClN4O3/c16-12-3-1-2-4-14(12)23-8-11(21)7-20-5-6-22-9-13(20)15-17-10-18-19-15/h1-4,10-11,13,21H,5-9H2,(H,17,18,19). The van der Waals surface area contributed by atoms with Crippen LogP contribution in [0.4, 0.5) is 0 Å². The molecule has 2 heterocycles. The Bertz CT molecular complexity index is 611. The van der Waals surface area contributed by atoms with E-state index in [1.807, 2.05) is 12.1 Å². The lowest BCUT2D eigenvalue weighted by Crippen LogP contribution is -2.45. The molecule has 1 aliphatic heterocycles. The van der Waals surface area contributed by atoms with Crippen molar-refractivity contribution in [2.24, 2.45) is 0 Å². The van der Waals surface area contributed by atoms with Crippen LogP contribution in [0, 0.1) is 0 Å². The number of hydrogen-bond acceptors (Lipinski definition) is 6. The molecule has 0 amide bonds. The zero-order chi connectivity index (χ0) is 16.1. The number of morpholine rings is 1. The van der Waals surface area contributed by atoms with Crippen molar-refractivity contribution in [1.29, 1.82) is 0 Å². The number of β-amino-alcohol motifs (C(OH)–C–C–N with tert-alkyl or cyclic N) is 1. The van der Waals surface area contributed by atoms with Crippen molar-refractivity contribution in [2.45, 2.75) is 12.1 Å². The molecular weight excluding hydrogens is 320 g/mol. The molecule has 1 aliphatic rings. The Labute approximate surface area is 139 Å². The van der Waals surface area contributed by atoms with E-state index in [1.165, 1.54) is 6.33 Å². The molecule has 2 aromatic rings. The summed E-state index contributed by atoms with van der Waals surface area (Å²) < 4.78 is 11.1. The zero-order valence-electron chi connectivity index (χ0n) is 12.6. The summed E-state index contributed by atoms with van der Waals surface area (Å²) in [4.78, 5) is 6.30. The molecule has 124 valence electrons. The number of nitrogens with one attached hydrogen (secondary N) is 1. The van der Waals surface area contributed by atoms with Crippen LogP contribution in [-0.2, 0) is 4.74 Å². The zero-order valence-corrected chi connectivity index (χ0v) is 13.3. The molecule has 0 saturated carbocycles. The Hall–Kier alpha value is -1.67. The topological polar surface area (TPSA) is 83.5 Å². The molecule has 0 bridgehead atoms. The average molecular weight is 339 g/mol. The number of aliphatic hydroxyl groups is 1. The van der Waals surface area contributed by atoms with Crippen LogP contribution in [0.5, 0.6) is 5.75 Å². The van der Waals surface area contributed by atoms with Crippen molar-refractivity contribution in [3.63, 3.8) is 0 Å². The van der Waals surface area contributed by atoms with E-state index in [1.54, 1.807) is 12.1 Å². The minimum absolute atomic E-state index is 0.0405. The molecule has 0 radical (unpaired) electrons. The Kier molecular flexibility index (Phi) is 5.45. The van der Waals surface area contributed by atoms with E-state index in [9.17, 15) is 5.11 Å². The van der Waals surface area contributed by atoms with Crippen LogP contribution >= 0.6 is 11.6 Å². The number of aromatic amines is 1. The predicted molar refractivity (Wildman–Crippen MR) is 84.5 cm³/mol. The second kappa shape index (κ2) is 7.74. The van der Waals surface area contributed by atoms with Gasteiger partial charge >= 0.3 is 0 Å². The first-order chi connectivity index (χ1) is 11.2. The molecule has 2 atom stereocenters. The maximum Gasteiger partial charge on any atom is 0.143 e. The Balaban J connectivity index is 1.55. The summed E-state index contributed by atoms with van der Waals surface area (Å²) >= 11 is 6.04. The van der Waals surface area contributed by atoms with E-state index in [0.29, 0.717) is 37.1 Å². The average Bonchev–Trinajstić information content (AvgIpc) is 3.09. The van der Waals surface area contributed by atoms with Crippen LogP contribution in [0.25, 0.3) is 0 Å². The van der Waals surface area contributed by atoms with Gasteiger partial charge in [0.2, 0.25) is 0 Å². The minimum atomic E-state index is -0.644. The first kappa shape index (κ1) is 16.2. The first-order valence-electron chi connectivity index (χ1n) is 7.46. The molecule has 7 nitrogen and oxygen atoms in total. The van der Waals surface area contributed by atoms with Gasteiger partial charge < -0.3 is 14.6 Å². The highest BCUT2D eigenvalue weighted by atomic mass is 35.5. The molecule has 1 aromatic carbocycles. The van der Waals surface area contributed by atoms with Gasteiger partial charge in [-0.3, -0.25) is 10.00 Å². The number of para-hydroxylation sites is 1. The molecule has 2 unspecified atom stereocenters. The fourth-order valence-electron chi connectivity index (χ4n) is 2.56. The number of H-pyrrole nitrogens is 1. The van der Waals surface area contributed by atoms with Gasteiger partial charge in [0.25, 0.3) is 0 Å². The highest BCUT2D eigenvalue weighted by molar-refractivity contribution is 6.32. The highest BCUT2D eigenvalue weighted by Gasteiger charge is 2.28. The van der Waals surface area contributed by atoms with Gasteiger partial charge in [-0.25, -0.2) is 4.98 Å². The number of aromatic nitrogens is 3. The van der Waals surface area contributed by atoms with Gasteiger partial charge in [-0.15, -0.1) is 0 Å². The van der Waals surface area contributed by atoms with E-state index in [0.717, 1.165) is 5.82 Å². The number of rotatable bonds is 6. The van der Waals surface area contributed by atoms with Crippen LogP contribution in [0.15, 0.2) is 30.6 Å². The summed E-state index contributed by atoms with van der Waals surface area (Å²) in [6.45, 7) is 2.49. The van der Waals surface area contributed by atoms with Crippen LogP contribution in [-0.4, -0.2) is 64.2 Å². The number of ether oxygens (including phenoxy) is 2. The molecule has 23 heavy (non-hydrogen) atoms. The minimum Gasteiger partial charge on any atom is -0.489 e. The van der Waals surface area contributed by atoms with Gasteiger partial charge in [-0.05, 0) is 12.1 Å². The van der Waals surface area contributed by atoms with E-state index in [4.69, 9.17) is 21.1 Å². The SMILES string of the molecule is OC(COc1ccccc1Cl)CN1CCOCC1c1ncn[nH]1. The van der Waals surface area contributed by atoms with Crippen LogP contribution < -0.4 is 4.74 Å². The molecule has 0 aliphatic carbocycles. The summed E-state index contributed by atoms with van der Waals surface area (Å²) in [7, 11) is 0. The summed E-state index contributed by atoms with van der Waals surface area (Å²) in [5, 5.41) is 17.5. The Morgan fingerprint density at radius 2 is 2.35 bits per heavy atom. The molecule has 2 N–H and O–H groups in total. The Morgan fingerprint density at radius 3 is 3.13 bits per heavy atom. The maximum absolute atomic E-state index is 10.3. The third-order valence-corrected chi connectivity index (χ3v) is 4.01. The first-order valence-corrected chi connectivity index (χ1v) is 7.84. The molecular formula is C15H19ClN4O3. The summed E-state index contributed by atoms with van der Waals surface area (Å²) in [5.74, 6) is 1.31. The van der Waals surface area contributed by atoms with Crippen molar-refractivity contribution in [3.05, 3.63) is 41.4 Å². The summed E-state index contributed by atoms with van der Waals surface area (Å²) in [6.07, 6.45) is 0.828. The molecule has 1 aromatic heterocycles. The number of benzene rings is 1. The smallest absolute Gasteiger partial charge is 0.143 e. The van der Waals surface area contributed by atoms with Crippen LogP contribution in [0.2, 0.25) is 5.02 Å². The van der Waals surface area contributed by atoms with Gasteiger partial charge in [0, 0.05) is 13.1 Å². The third kappa shape index (κ3) is 4.20. The fraction of sp³-hybridized carbons (Fsp3) is 0.467. The van der Waals surface area contributed by atoms with Gasteiger partial charge in [-0.1, -0.05) is 23.7 Å². The van der Waals surface area contributed by atoms with Gasteiger partial charge in [0.05, 0.1) is 24.3 Å². The maximum atomic E-state index is 10.3. The van der Waals surface area contributed by atoms with Gasteiger partial charge in [-0.2, -0.15) is 5.10 Å². The second-order valence-electron chi connectivity index (χ2n) is 5.35. The number of hydrogen-bond donors (Lipinski definition) is 2. The third-order valence-electron chi connectivity index (χ3n) is 3.70. The van der Waals surface area contributed by atoms with Gasteiger partial charge in [0.1, 0.15) is 30.6 Å². The van der Waals surface area contributed by atoms with Crippen LogP contribution in [0.3, 0.4) is 0 Å². The fourth-order valence-corrected chi connectivity index (χ4v) is 2.75. The summed E-state index contributed by atoms with van der Waals surface area (Å²) in [6, 6.07) is 7.17. The van der Waals surface area contributed by atoms with Crippen molar-refractivity contribution in [3.8, 4) is 5.75 Å². The van der Waals surface area contributed by atoms with E-state index < -0.39 is 6.10 Å². The quantitative estimate of drug-likeness (QED) is 0.825. The van der Waals surface area contributed by atoms with Crippen LogP contribution in [0.1, 0.15) is 11.9 Å². The molecule has 8 heteroatoms. The number of aliphatic hydroxyl groups excluding tert-OH is 1. The Morgan fingerprint density at radius 1 is 1.48 bits per heavy atom. The normalized spacial score (nSPS) is 20.3. The van der Waals surface area contributed by atoms with E-state index in [-0.39, 0.29) is 12.6 Å². The molecule has 1 fully saturated rings. The number of nitrogens with zero attached hydrogens (tertiary/aromatic N) is 3. The molecule has 1 saturated heterocycles. The van der Waals surface area contributed by atoms with Crippen molar-refractivity contribution >= 4 is 11.6 Å². The van der Waals surface area contributed by atoms with Crippen molar-refractivity contribution in [1.82, 2.24) is 20.1 Å². The van der Waals surface area contributed by atoms with E-state index >= 15 is 0 Å². The van der Waals surface area contributed by atoms with E-state index in [2.05, 4.69) is 20.1 Å². The van der Waals surface area contributed by atoms with Crippen molar-refractivity contribution in [2.75, 3.05) is 32.9 Å².